The molecule has 0 aliphatic carbocycles. The van der Waals surface area contributed by atoms with Crippen LogP contribution in [0.5, 0.6) is 0 Å². The maximum Gasteiger partial charge on any atom is 0.253 e. The lowest BCUT2D eigenvalue weighted by atomic mass is 10.1. The predicted molar refractivity (Wildman–Crippen MR) is 66.8 cm³/mol. The normalized spacial score (nSPS) is 9.76. The second-order valence-electron chi connectivity index (χ2n) is 3.49. The van der Waals surface area contributed by atoms with Gasteiger partial charge in [0.2, 0.25) is 5.91 Å². The Hall–Kier alpha value is -1.88. The molecule has 0 heterocycles. The van der Waals surface area contributed by atoms with Gasteiger partial charge in [-0.05, 0) is 12.1 Å². The SMILES string of the molecule is CCC(=O)Nc1ccccc1C(=O)NCCN. The van der Waals surface area contributed by atoms with Gasteiger partial charge in [-0.3, -0.25) is 9.59 Å². The first kappa shape index (κ1) is 13.2. The van der Waals surface area contributed by atoms with Crippen LogP contribution in [-0.4, -0.2) is 24.9 Å². The van der Waals surface area contributed by atoms with E-state index in [1.165, 1.54) is 0 Å². The number of carbonyl (C=O) groups is 2. The molecule has 0 radical (unpaired) electrons. The maximum atomic E-state index is 11.8. The lowest BCUT2D eigenvalue weighted by Gasteiger charge is -2.10. The Morgan fingerprint density at radius 1 is 1.29 bits per heavy atom. The van der Waals surface area contributed by atoms with E-state index in [-0.39, 0.29) is 11.8 Å². The summed E-state index contributed by atoms with van der Waals surface area (Å²) < 4.78 is 0. The first-order valence-electron chi connectivity index (χ1n) is 5.56. The molecule has 5 heteroatoms. The molecule has 17 heavy (non-hydrogen) atoms. The van der Waals surface area contributed by atoms with E-state index >= 15 is 0 Å². The molecule has 4 N–H and O–H groups in total. The largest absolute Gasteiger partial charge is 0.351 e. The lowest BCUT2D eigenvalue weighted by Crippen LogP contribution is -2.29. The average Bonchev–Trinajstić information content (AvgIpc) is 2.36. The number of rotatable bonds is 5. The number of benzene rings is 1. The van der Waals surface area contributed by atoms with Gasteiger partial charge < -0.3 is 16.4 Å². The van der Waals surface area contributed by atoms with E-state index in [2.05, 4.69) is 10.6 Å². The molecule has 0 atom stereocenters. The van der Waals surface area contributed by atoms with Gasteiger partial charge in [0, 0.05) is 19.5 Å². The summed E-state index contributed by atoms with van der Waals surface area (Å²) in [5, 5.41) is 5.35. The number of carbonyl (C=O) groups excluding carboxylic acids is 2. The molecule has 0 saturated heterocycles. The first-order chi connectivity index (χ1) is 8.19. The predicted octanol–water partition coefficient (Wildman–Crippen LogP) is 0.724. The van der Waals surface area contributed by atoms with Crippen LogP contribution in [0.4, 0.5) is 5.69 Å². The number of anilines is 1. The van der Waals surface area contributed by atoms with Gasteiger partial charge in [-0.15, -0.1) is 0 Å². The van der Waals surface area contributed by atoms with Crippen molar-refractivity contribution in [3.05, 3.63) is 29.8 Å². The summed E-state index contributed by atoms with van der Waals surface area (Å²) >= 11 is 0. The van der Waals surface area contributed by atoms with Crippen LogP contribution in [0.3, 0.4) is 0 Å². The van der Waals surface area contributed by atoms with E-state index in [9.17, 15) is 9.59 Å². The van der Waals surface area contributed by atoms with Gasteiger partial charge in [0.25, 0.3) is 5.91 Å². The molecule has 0 spiro atoms. The zero-order valence-electron chi connectivity index (χ0n) is 9.82. The quantitative estimate of drug-likeness (QED) is 0.703. The second-order valence-corrected chi connectivity index (χ2v) is 3.49. The Kier molecular flexibility index (Phi) is 5.16. The van der Waals surface area contributed by atoms with Gasteiger partial charge in [-0.25, -0.2) is 0 Å². The van der Waals surface area contributed by atoms with Crippen LogP contribution < -0.4 is 16.4 Å². The Morgan fingerprint density at radius 2 is 2.00 bits per heavy atom. The van der Waals surface area contributed by atoms with Crippen molar-refractivity contribution in [1.82, 2.24) is 5.32 Å². The molecule has 0 unspecified atom stereocenters. The van der Waals surface area contributed by atoms with E-state index in [4.69, 9.17) is 5.73 Å². The molecule has 0 bridgehead atoms. The molecule has 0 aromatic heterocycles. The van der Waals surface area contributed by atoms with Crippen molar-refractivity contribution >= 4 is 17.5 Å². The van der Waals surface area contributed by atoms with E-state index in [1.54, 1.807) is 31.2 Å². The number of nitrogens with two attached hydrogens (primary N) is 1. The third-order valence-electron chi connectivity index (χ3n) is 2.20. The number of hydrogen-bond acceptors (Lipinski definition) is 3. The maximum absolute atomic E-state index is 11.8. The van der Waals surface area contributed by atoms with Gasteiger partial charge >= 0.3 is 0 Å². The molecule has 0 saturated carbocycles. The molecular formula is C12H17N3O2. The van der Waals surface area contributed by atoms with Crippen molar-refractivity contribution in [2.45, 2.75) is 13.3 Å². The average molecular weight is 235 g/mol. The smallest absolute Gasteiger partial charge is 0.253 e. The van der Waals surface area contributed by atoms with Gasteiger partial charge in [-0.1, -0.05) is 19.1 Å². The third kappa shape index (κ3) is 3.88. The van der Waals surface area contributed by atoms with Gasteiger partial charge in [-0.2, -0.15) is 0 Å². The minimum absolute atomic E-state index is 0.121. The lowest BCUT2D eigenvalue weighted by molar-refractivity contribution is -0.115. The number of para-hydroxylation sites is 1. The fourth-order valence-corrected chi connectivity index (χ4v) is 1.31. The Morgan fingerprint density at radius 3 is 2.65 bits per heavy atom. The molecule has 2 amide bonds. The summed E-state index contributed by atoms with van der Waals surface area (Å²) in [6, 6.07) is 6.88. The second kappa shape index (κ2) is 6.65. The van der Waals surface area contributed by atoms with Crippen LogP contribution >= 0.6 is 0 Å². The number of hydrogen-bond donors (Lipinski definition) is 3. The van der Waals surface area contributed by atoms with Crippen LogP contribution in [0.25, 0.3) is 0 Å². The van der Waals surface area contributed by atoms with Crippen molar-refractivity contribution in [2.24, 2.45) is 5.73 Å². The fraction of sp³-hybridized carbons (Fsp3) is 0.333. The third-order valence-corrected chi connectivity index (χ3v) is 2.20. The van der Waals surface area contributed by atoms with Crippen molar-refractivity contribution in [2.75, 3.05) is 18.4 Å². The van der Waals surface area contributed by atoms with Crippen LogP contribution in [0, 0.1) is 0 Å². The highest BCUT2D eigenvalue weighted by molar-refractivity contribution is 6.03. The summed E-state index contributed by atoms with van der Waals surface area (Å²) in [6.45, 7) is 2.55. The minimum Gasteiger partial charge on any atom is -0.351 e. The van der Waals surface area contributed by atoms with Crippen LogP contribution in [-0.2, 0) is 4.79 Å². The molecule has 0 fully saturated rings. The number of nitrogens with one attached hydrogen (secondary N) is 2. The van der Waals surface area contributed by atoms with E-state index in [0.29, 0.717) is 30.8 Å². The highest BCUT2D eigenvalue weighted by atomic mass is 16.2. The van der Waals surface area contributed by atoms with Crippen LogP contribution in [0.15, 0.2) is 24.3 Å². The van der Waals surface area contributed by atoms with Crippen LogP contribution in [0.2, 0.25) is 0 Å². The Bertz CT molecular complexity index is 404. The van der Waals surface area contributed by atoms with E-state index in [0.717, 1.165) is 0 Å². The van der Waals surface area contributed by atoms with Crippen molar-refractivity contribution in [3.8, 4) is 0 Å². The zero-order valence-corrected chi connectivity index (χ0v) is 9.82. The van der Waals surface area contributed by atoms with Gasteiger partial charge in [0.1, 0.15) is 0 Å². The molecule has 0 aliphatic rings. The monoisotopic (exact) mass is 235 g/mol. The molecule has 0 aliphatic heterocycles. The highest BCUT2D eigenvalue weighted by Gasteiger charge is 2.11. The molecular weight excluding hydrogens is 218 g/mol. The Labute approximate surface area is 100 Å². The fourth-order valence-electron chi connectivity index (χ4n) is 1.31. The molecule has 1 aromatic rings. The minimum atomic E-state index is -0.234. The summed E-state index contributed by atoms with van der Waals surface area (Å²) in [6.07, 6.45) is 0.374. The number of amides is 2. The zero-order chi connectivity index (χ0) is 12.7. The van der Waals surface area contributed by atoms with Crippen molar-refractivity contribution in [1.29, 1.82) is 0 Å². The summed E-state index contributed by atoms with van der Waals surface area (Å²) in [5.74, 6) is -0.355. The summed E-state index contributed by atoms with van der Waals surface area (Å²) in [7, 11) is 0. The highest BCUT2D eigenvalue weighted by Crippen LogP contribution is 2.14. The molecule has 1 aromatic carbocycles. The summed E-state index contributed by atoms with van der Waals surface area (Å²) in [5.41, 5.74) is 6.28. The summed E-state index contributed by atoms with van der Waals surface area (Å²) in [4.78, 5) is 23.1. The first-order valence-corrected chi connectivity index (χ1v) is 5.56. The van der Waals surface area contributed by atoms with E-state index in [1.807, 2.05) is 0 Å². The molecule has 1 rings (SSSR count). The Balaban J connectivity index is 2.83. The molecule has 5 nitrogen and oxygen atoms in total. The topological polar surface area (TPSA) is 84.2 Å². The van der Waals surface area contributed by atoms with Crippen molar-refractivity contribution in [3.63, 3.8) is 0 Å². The molecule has 92 valence electrons. The standard InChI is InChI=1S/C12H17N3O2/c1-2-11(16)15-10-6-4-3-5-9(10)12(17)14-8-7-13/h3-6H,2,7-8,13H2,1H3,(H,14,17)(H,15,16). The van der Waals surface area contributed by atoms with Gasteiger partial charge in [0.15, 0.2) is 0 Å². The van der Waals surface area contributed by atoms with Crippen molar-refractivity contribution < 1.29 is 9.59 Å². The van der Waals surface area contributed by atoms with E-state index < -0.39 is 0 Å². The van der Waals surface area contributed by atoms with Crippen LogP contribution in [0.1, 0.15) is 23.7 Å². The van der Waals surface area contributed by atoms with Gasteiger partial charge in [0.05, 0.1) is 11.3 Å².